The summed E-state index contributed by atoms with van der Waals surface area (Å²) in [5.41, 5.74) is 5.14. The quantitative estimate of drug-likeness (QED) is 0.714. The minimum atomic E-state index is -0.583. The maximum atomic E-state index is 12.2. The van der Waals surface area contributed by atoms with Gasteiger partial charge in [-0.1, -0.05) is 19.1 Å². The summed E-state index contributed by atoms with van der Waals surface area (Å²) in [4.78, 5) is 14.6. The van der Waals surface area contributed by atoms with Crippen molar-refractivity contribution in [3.63, 3.8) is 0 Å². The lowest BCUT2D eigenvalue weighted by Gasteiger charge is -2.44. The standard InChI is InChI=1S/C12H23N3OS/c1-8-5-12(6-8,10(13)17)11(16)14-7-9(2)15(3)4/h8-9H,5-7H2,1-4H3,(H2,13,17)(H,14,16). The molecule has 0 aromatic carbocycles. The molecule has 1 saturated carbocycles. The van der Waals surface area contributed by atoms with Gasteiger partial charge in [-0.2, -0.15) is 0 Å². The van der Waals surface area contributed by atoms with Gasteiger partial charge in [0, 0.05) is 12.6 Å². The van der Waals surface area contributed by atoms with Gasteiger partial charge in [-0.05, 0) is 39.8 Å². The van der Waals surface area contributed by atoms with Crippen LogP contribution in [0.1, 0.15) is 26.7 Å². The highest BCUT2D eigenvalue weighted by atomic mass is 32.1. The van der Waals surface area contributed by atoms with E-state index in [0.717, 1.165) is 12.8 Å². The third-order valence-electron chi connectivity index (χ3n) is 3.74. The van der Waals surface area contributed by atoms with Crippen molar-refractivity contribution in [2.24, 2.45) is 17.1 Å². The Bertz CT molecular complexity index is 311. The van der Waals surface area contributed by atoms with E-state index in [0.29, 0.717) is 23.5 Å². The zero-order chi connectivity index (χ0) is 13.2. The molecule has 0 bridgehead atoms. The van der Waals surface area contributed by atoms with E-state index in [4.69, 9.17) is 18.0 Å². The molecule has 1 aliphatic rings. The molecule has 0 saturated heterocycles. The molecule has 1 amide bonds. The number of nitrogens with zero attached hydrogens (tertiary/aromatic N) is 1. The Balaban J connectivity index is 2.54. The summed E-state index contributed by atoms with van der Waals surface area (Å²) in [5, 5.41) is 2.96. The Morgan fingerprint density at radius 2 is 2.12 bits per heavy atom. The summed E-state index contributed by atoms with van der Waals surface area (Å²) in [6.45, 7) is 4.81. The molecule has 1 unspecified atom stereocenters. The van der Waals surface area contributed by atoms with Crippen LogP contribution in [-0.2, 0) is 4.79 Å². The van der Waals surface area contributed by atoms with E-state index in [1.807, 2.05) is 14.1 Å². The zero-order valence-corrected chi connectivity index (χ0v) is 11.9. The molecule has 98 valence electrons. The molecule has 1 atom stereocenters. The van der Waals surface area contributed by atoms with Crippen LogP contribution >= 0.6 is 12.2 Å². The van der Waals surface area contributed by atoms with Crippen molar-refractivity contribution in [3.8, 4) is 0 Å². The van der Waals surface area contributed by atoms with Crippen LogP contribution in [0.2, 0.25) is 0 Å². The van der Waals surface area contributed by atoms with E-state index in [-0.39, 0.29) is 5.91 Å². The second-order valence-corrected chi connectivity index (χ2v) is 5.92. The predicted molar refractivity (Wildman–Crippen MR) is 73.8 cm³/mol. The first-order valence-electron chi connectivity index (χ1n) is 6.04. The Kier molecular flexibility index (Phi) is 4.49. The Labute approximate surface area is 109 Å². The third kappa shape index (κ3) is 2.96. The molecule has 0 spiro atoms. The monoisotopic (exact) mass is 257 g/mol. The molecule has 3 N–H and O–H groups in total. The van der Waals surface area contributed by atoms with Crippen LogP contribution in [0, 0.1) is 11.3 Å². The first-order valence-corrected chi connectivity index (χ1v) is 6.45. The van der Waals surface area contributed by atoms with Crippen LogP contribution in [0.25, 0.3) is 0 Å². The van der Waals surface area contributed by atoms with E-state index in [2.05, 4.69) is 24.1 Å². The maximum Gasteiger partial charge on any atom is 0.233 e. The molecule has 0 radical (unpaired) electrons. The molecule has 5 heteroatoms. The smallest absolute Gasteiger partial charge is 0.233 e. The number of hydrogen-bond acceptors (Lipinski definition) is 3. The molecular formula is C12H23N3OS. The van der Waals surface area contributed by atoms with Gasteiger partial charge in [-0.15, -0.1) is 0 Å². The van der Waals surface area contributed by atoms with Crippen molar-refractivity contribution in [1.29, 1.82) is 0 Å². The average molecular weight is 257 g/mol. The van der Waals surface area contributed by atoms with Gasteiger partial charge in [-0.25, -0.2) is 0 Å². The van der Waals surface area contributed by atoms with E-state index in [1.54, 1.807) is 0 Å². The zero-order valence-electron chi connectivity index (χ0n) is 11.1. The van der Waals surface area contributed by atoms with Gasteiger partial charge >= 0.3 is 0 Å². The number of hydrogen-bond donors (Lipinski definition) is 2. The maximum absolute atomic E-state index is 12.2. The number of rotatable bonds is 5. The van der Waals surface area contributed by atoms with Crippen LogP contribution in [0.5, 0.6) is 0 Å². The molecule has 17 heavy (non-hydrogen) atoms. The molecule has 0 aromatic heterocycles. The second-order valence-electron chi connectivity index (χ2n) is 5.48. The van der Waals surface area contributed by atoms with Crippen molar-refractivity contribution in [2.75, 3.05) is 20.6 Å². The molecule has 0 heterocycles. The summed E-state index contributed by atoms with van der Waals surface area (Å²) >= 11 is 5.05. The lowest BCUT2D eigenvalue weighted by molar-refractivity contribution is -0.133. The number of carbonyl (C=O) groups excluding carboxylic acids is 1. The normalized spacial score (nSPS) is 29.6. The minimum absolute atomic E-state index is 0.00296. The van der Waals surface area contributed by atoms with E-state index in [1.165, 1.54) is 0 Å². The summed E-state index contributed by atoms with van der Waals surface area (Å²) in [6, 6.07) is 0.305. The van der Waals surface area contributed by atoms with Crippen LogP contribution in [0.15, 0.2) is 0 Å². The summed E-state index contributed by atoms with van der Waals surface area (Å²) in [6.07, 6.45) is 1.56. The number of nitrogens with two attached hydrogens (primary N) is 1. The number of likely N-dealkylation sites (N-methyl/N-ethyl adjacent to an activating group) is 1. The van der Waals surface area contributed by atoms with Crippen molar-refractivity contribution in [1.82, 2.24) is 10.2 Å². The first kappa shape index (κ1) is 14.4. The third-order valence-corrected chi connectivity index (χ3v) is 4.13. The number of thiocarbonyl (C=S) groups is 1. The summed E-state index contributed by atoms with van der Waals surface area (Å²) in [7, 11) is 3.98. The fourth-order valence-electron chi connectivity index (χ4n) is 2.22. The van der Waals surface area contributed by atoms with Crippen LogP contribution in [0.4, 0.5) is 0 Å². The summed E-state index contributed by atoms with van der Waals surface area (Å²) < 4.78 is 0. The molecule has 0 aromatic rings. The Hall–Kier alpha value is -0.680. The van der Waals surface area contributed by atoms with Gasteiger partial charge in [0.15, 0.2) is 0 Å². The van der Waals surface area contributed by atoms with Gasteiger partial charge in [-0.3, -0.25) is 4.79 Å². The topological polar surface area (TPSA) is 58.4 Å². The van der Waals surface area contributed by atoms with Crippen molar-refractivity contribution in [3.05, 3.63) is 0 Å². The van der Waals surface area contributed by atoms with E-state index >= 15 is 0 Å². The first-order chi connectivity index (χ1) is 7.79. The highest BCUT2D eigenvalue weighted by Gasteiger charge is 2.50. The predicted octanol–water partition coefficient (Wildman–Crippen LogP) is 0.755. The number of nitrogens with one attached hydrogen (secondary N) is 1. The minimum Gasteiger partial charge on any atom is -0.392 e. The van der Waals surface area contributed by atoms with E-state index in [9.17, 15) is 4.79 Å². The molecule has 1 rings (SSSR count). The largest absolute Gasteiger partial charge is 0.392 e. The molecule has 4 nitrogen and oxygen atoms in total. The second kappa shape index (κ2) is 5.31. The van der Waals surface area contributed by atoms with Crippen LogP contribution < -0.4 is 11.1 Å². The van der Waals surface area contributed by atoms with Gasteiger partial charge in [0.05, 0.1) is 10.4 Å². The summed E-state index contributed by atoms with van der Waals surface area (Å²) in [5.74, 6) is 0.533. The SMILES string of the molecule is CC1CC(C(=O)NCC(C)N(C)C)(C(N)=S)C1. The van der Waals surface area contributed by atoms with Crippen molar-refractivity contribution >= 4 is 23.1 Å². The molecule has 1 fully saturated rings. The lowest BCUT2D eigenvalue weighted by atomic mass is 9.62. The highest BCUT2D eigenvalue weighted by molar-refractivity contribution is 7.80. The fraction of sp³-hybridized carbons (Fsp3) is 0.833. The van der Waals surface area contributed by atoms with Gasteiger partial charge in [0.25, 0.3) is 0 Å². The van der Waals surface area contributed by atoms with Gasteiger partial charge in [0.2, 0.25) is 5.91 Å². The van der Waals surface area contributed by atoms with Gasteiger partial charge in [0.1, 0.15) is 0 Å². The van der Waals surface area contributed by atoms with E-state index < -0.39 is 5.41 Å². The lowest BCUT2D eigenvalue weighted by Crippen LogP contribution is -2.57. The van der Waals surface area contributed by atoms with Crippen LogP contribution in [0.3, 0.4) is 0 Å². The van der Waals surface area contributed by atoms with Crippen molar-refractivity contribution < 1.29 is 4.79 Å². The average Bonchev–Trinajstić information content (AvgIpc) is 2.19. The molecule has 0 aliphatic heterocycles. The Morgan fingerprint density at radius 1 is 1.59 bits per heavy atom. The highest BCUT2D eigenvalue weighted by Crippen LogP contribution is 2.45. The van der Waals surface area contributed by atoms with Crippen molar-refractivity contribution in [2.45, 2.75) is 32.7 Å². The Morgan fingerprint density at radius 3 is 2.47 bits per heavy atom. The van der Waals surface area contributed by atoms with Crippen LogP contribution in [-0.4, -0.2) is 42.5 Å². The van der Waals surface area contributed by atoms with Gasteiger partial charge < -0.3 is 16.0 Å². The number of amides is 1. The fourth-order valence-corrected chi connectivity index (χ4v) is 2.48. The molecule has 1 aliphatic carbocycles. The number of carbonyl (C=O) groups is 1. The molecular weight excluding hydrogens is 234 g/mol.